The lowest BCUT2D eigenvalue weighted by Gasteiger charge is -2.01. The number of rotatable bonds is 2. The average molecular weight is 304 g/mol. The predicted octanol–water partition coefficient (Wildman–Crippen LogP) is 4.01. The van der Waals surface area contributed by atoms with Crippen LogP contribution >= 0.6 is 38.9 Å². The van der Waals surface area contributed by atoms with Gasteiger partial charge in [0.05, 0.1) is 5.88 Å². The number of hydrogen-bond acceptors (Lipinski definition) is 3. The number of alkyl halides is 1. The number of halogens is 2. The maximum atomic E-state index is 5.69. The highest BCUT2D eigenvalue weighted by Crippen LogP contribution is 2.28. The molecule has 0 aliphatic rings. The summed E-state index contributed by atoms with van der Waals surface area (Å²) in [7, 11) is 0. The molecule has 0 N–H and O–H groups in total. The van der Waals surface area contributed by atoms with Crippen LogP contribution < -0.4 is 0 Å². The van der Waals surface area contributed by atoms with E-state index in [0.717, 1.165) is 20.1 Å². The molecular formula is C10H8BrClN2S. The molecule has 2 aromatic rings. The fourth-order valence-corrected chi connectivity index (χ4v) is 2.76. The summed E-state index contributed by atoms with van der Waals surface area (Å²) in [5.41, 5.74) is 2.30. The molecule has 2 rings (SSSR count). The van der Waals surface area contributed by atoms with E-state index >= 15 is 0 Å². The van der Waals surface area contributed by atoms with Crippen molar-refractivity contribution in [2.24, 2.45) is 0 Å². The maximum Gasteiger partial charge on any atom is 0.148 e. The van der Waals surface area contributed by atoms with E-state index in [9.17, 15) is 0 Å². The van der Waals surface area contributed by atoms with E-state index in [0.29, 0.717) is 5.88 Å². The topological polar surface area (TPSA) is 25.8 Å². The summed E-state index contributed by atoms with van der Waals surface area (Å²) >= 11 is 10.7. The van der Waals surface area contributed by atoms with Gasteiger partial charge in [-0.1, -0.05) is 33.3 Å². The van der Waals surface area contributed by atoms with Crippen LogP contribution in [0.25, 0.3) is 10.6 Å². The van der Waals surface area contributed by atoms with E-state index in [2.05, 4.69) is 39.1 Å². The minimum atomic E-state index is 0.424. The van der Waals surface area contributed by atoms with E-state index in [1.807, 2.05) is 12.1 Å². The normalized spacial score (nSPS) is 10.6. The predicted molar refractivity (Wildman–Crippen MR) is 67.3 cm³/mol. The van der Waals surface area contributed by atoms with Crippen LogP contribution in [-0.2, 0) is 5.88 Å². The van der Waals surface area contributed by atoms with Crippen LogP contribution in [0.15, 0.2) is 22.7 Å². The zero-order chi connectivity index (χ0) is 10.8. The molecular weight excluding hydrogens is 296 g/mol. The lowest BCUT2D eigenvalue weighted by atomic mass is 10.1. The number of nitrogens with zero attached hydrogens (tertiary/aromatic N) is 2. The zero-order valence-corrected chi connectivity index (χ0v) is 11.2. The Morgan fingerprint density at radius 1 is 1.40 bits per heavy atom. The number of aromatic nitrogens is 2. The van der Waals surface area contributed by atoms with Crippen molar-refractivity contribution in [2.45, 2.75) is 12.8 Å². The Balaban J connectivity index is 2.44. The molecule has 0 amide bonds. The molecule has 1 aromatic carbocycles. The molecule has 0 atom stereocenters. The second kappa shape index (κ2) is 4.60. The van der Waals surface area contributed by atoms with Crippen LogP contribution in [-0.4, -0.2) is 10.2 Å². The largest absolute Gasteiger partial charge is 0.148 e. The molecule has 5 heteroatoms. The fourth-order valence-electron chi connectivity index (χ4n) is 1.28. The lowest BCUT2D eigenvalue weighted by Crippen LogP contribution is -1.82. The van der Waals surface area contributed by atoms with Crippen LogP contribution in [0.5, 0.6) is 0 Å². The Hall–Kier alpha value is -0.450. The summed E-state index contributed by atoms with van der Waals surface area (Å²) < 4.78 is 1.07. The third-order valence-electron chi connectivity index (χ3n) is 2.00. The first kappa shape index (κ1) is 11.0. The van der Waals surface area contributed by atoms with Gasteiger partial charge in [-0.15, -0.1) is 21.8 Å². The molecule has 0 aliphatic carbocycles. The molecule has 0 bridgehead atoms. The summed E-state index contributed by atoms with van der Waals surface area (Å²) in [6.07, 6.45) is 0. The van der Waals surface area contributed by atoms with Gasteiger partial charge in [0.1, 0.15) is 10.0 Å². The molecule has 15 heavy (non-hydrogen) atoms. The van der Waals surface area contributed by atoms with Gasteiger partial charge in [0.15, 0.2) is 0 Å². The molecule has 0 spiro atoms. The van der Waals surface area contributed by atoms with Gasteiger partial charge in [0.2, 0.25) is 0 Å². The van der Waals surface area contributed by atoms with Crippen molar-refractivity contribution in [3.8, 4) is 10.6 Å². The number of aryl methyl sites for hydroxylation is 1. The molecule has 0 unspecified atom stereocenters. The molecule has 0 saturated carbocycles. The summed E-state index contributed by atoms with van der Waals surface area (Å²) in [5.74, 6) is 0.424. The Morgan fingerprint density at radius 2 is 2.20 bits per heavy atom. The molecule has 1 heterocycles. The first-order valence-electron chi connectivity index (χ1n) is 4.35. The molecule has 78 valence electrons. The van der Waals surface area contributed by atoms with E-state index in [-0.39, 0.29) is 0 Å². The van der Waals surface area contributed by atoms with Crippen molar-refractivity contribution in [1.82, 2.24) is 10.2 Å². The molecule has 0 radical (unpaired) electrons. The Kier molecular flexibility index (Phi) is 3.38. The van der Waals surface area contributed by atoms with Crippen molar-refractivity contribution in [1.29, 1.82) is 0 Å². The number of benzene rings is 1. The van der Waals surface area contributed by atoms with Gasteiger partial charge >= 0.3 is 0 Å². The van der Waals surface area contributed by atoms with Gasteiger partial charge in [0, 0.05) is 10.0 Å². The summed E-state index contributed by atoms with van der Waals surface area (Å²) in [6.45, 7) is 2.06. The second-order valence-corrected chi connectivity index (χ2v) is 5.34. The molecule has 2 nitrogen and oxygen atoms in total. The SMILES string of the molecule is Cc1cc(Br)ccc1-c1nnc(CCl)s1. The first-order chi connectivity index (χ1) is 7.20. The Labute approximate surface area is 105 Å². The first-order valence-corrected chi connectivity index (χ1v) is 6.50. The summed E-state index contributed by atoms with van der Waals surface area (Å²) in [6, 6.07) is 6.11. The molecule has 0 aliphatic heterocycles. The quantitative estimate of drug-likeness (QED) is 0.783. The van der Waals surface area contributed by atoms with Gasteiger partial charge < -0.3 is 0 Å². The van der Waals surface area contributed by atoms with Crippen molar-refractivity contribution in [3.63, 3.8) is 0 Å². The van der Waals surface area contributed by atoms with E-state index < -0.39 is 0 Å². The lowest BCUT2D eigenvalue weighted by molar-refractivity contribution is 1.04. The van der Waals surface area contributed by atoms with Crippen LogP contribution in [0.2, 0.25) is 0 Å². The van der Waals surface area contributed by atoms with E-state index in [4.69, 9.17) is 11.6 Å². The zero-order valence-electron chi connectivity index (χ0n) is 8.00. The van der Waals surface area contributed by atoms with Crippen molar-refractivity contribution >= 4 is 38.9 Å². The van der Waals surface area contributed by atoms with Crippen LogP contribution in [0, 0.1) is 6.92 Å². The standard InChI is InChI=1S/C10H8BrClN2S/c1-6-4-7(11)2-3-8(6)10-14-13-9(5-12)15-10/h2-4H,5H2,1H3. The van der Waals surface area contributed by atoms with E-state index in [1.165, 1.54) is 16.9 Å². The molecule has 1 aromatic heterocycles. The average Bonchev–Trinajstić information content (AvgIpc) is 2.66. The number of hydrogen-bond donors (Lipinski definition) is 0. The van der Waals surface area contributed by atoms with E-state index in [1.54, 1.807) is 0 Å². The second-order valence-electron chi connectivity index (χ2n) is 3.09. The third kappa shape index (κ3) is 2.38. The van der Waals surface area contributed by atoms with Gasteiger partial charge in [-0.05, 0) is 24.6 Å². The van der Waals surface area contributed by atoms with Crippen LogP contribution in [0.3, 0.4) is 0 Å². The molecule has 0 saturated heterocycles. The summed E-state index contributed by atoms with van der Waals surface area (Å²) in [4.78, 5) is 0. The molecule has 0 fully saturated rings. The highest BCUT2D eigenvalue weighted by molar-refractivity contribution is 9.10. The van der Waals surface area contributed by atoms with Crippen LogP contribution in [0.1, 0.15) is 10.6 Å². The monoisotopic (exact) mass is 302 g/mol. The minimum absolute atomic E-state index is 0.424. The van der Waals surface area contributed by atoms with Crippen molar-refractivity contribution in [2.75, 3.05) is 0 Å². The summed E-state index contributed by atoms with van der Waals surface area (Å²) in [5, 5.41) is 9.90. The van der Waals surface area contributed by atoms with Gasteiger partial charge in [-0.2, -0.15) is 0 Å². The maximum absolute atomic E-state index is 5.69. The third-order valence-corrected chi connectivity index (χ3v) is 3.86. The highest BCUT2D eigenvalue weighted by Gasteiger charge is 2.08. The Morgan fingerprint density at radius 3 is 2.80 bits per heavy atom. The van der Waals surface area contributed by atoms with Gasteiger partial charge in [-0.25, -0.2) is 0 Å². The smallest absolute Gasteiger partial charge is 0.142 e. The highest BCUT2D eigenvalue weighted by atomic mass is 79.9. The Bertz CT molecular complexity index is 484. The fraction of sp³-hybridized carbons (Fsp3) is 0.200. The van der Waals surface area contributed by atoms with Crippen molar-refractivity contribution < 1.29 is 0 Å². The van der Waals surface area contributed by atoms with Gasteiger partial charge in [-0.3, -0.25) is 0 Å². The van der Waals surface area contributed by atoms with Crippen molar-refractivity contribution in [3.05, 3.63) is 33.2 Å². The van der Waals surface area contributed by atoms with Gasteiger partial charge in [0.25, 0.3) is 0 Å². The van der Waals surface area contributed by atoms with Crippen LogP contribution in [0.4, 0.5) is 0 Å². The minimum Gasteiger partial charge on any atom is -0.142 e.